The Morgan fingerprint density at radius 2 is 1.91 bits per heavy atom. The van der Waals surface area contributed by atoms with Crippen molar-refractivity contribution < 1.29 is 19.1 Å². The number of carbonyl (C=O) groups is 2. The Labute approximate surface area is 137 Å². The van der Waals surface area contributed by atoms with Gasteiger partial charge in [-0.1, -0.05) is 25.1 Å². The maximum Gasteiger partial charge on any atom is 0.510 e. The number of likely N-dealkylation sites (tertiary alicyclic amines) is 1. The van der Waals surface area contributed by atoms with Crippen LogP contribution in [-0.4, -0.2) is 36.3 Å². The highest BCUT2D eigenvalue weighted by Gasteiger charge is 2.36. The molecule has 1 amide bonds. The second kappa shape index (κ2) is 7.49. The fourth-order valence-electron chi connectivity index (χ4n) is 3.02. The van der Waals surface area contributed by atoms with Crippen molar-refractivity contribution in [1.29, 1.82) is 0 Å². The summed E-state index contributed by atoms with van der Waals surface area (Å²) in [5.74, 6) is 0.289. The Kier molecular flexibility index (Phi) is 5.64. The van der Waals surface area contributed by atoms with Crippen LogP contribution in [0, 0.1) is 19.8 Å². The molecular formula is C18H25NO4. The van der Waals surface area contributed by atoms with E-state index in [0.29, 0.717) is 25.3 Å². The SMILES string of the molecule is CCOC(=O)OC1CC(C)CN1C(=O)Cc1c(C)cccc1C. The lowest BCUT2D eigenvalue weighted by Gasteiger charge is -2.24. The summed E-state index contributed by atoms with van der Waals surface area (Å²) in [6, 6.07) is 6.01. The Bertz CT molecular complexity index is 564. The predicted octanol–water partition coefficient (Wildman–Crippen LogP) is 3.21. The molecule has 1 heterocycles. The average Bonchev–Trinajstić information content (AvgIpc) is 2.84. The highest BCUT2D eigenvalue weighted by Crippen LogP contribution is 2.26. The fourth-order valence-corrected chi connectivity index (χ4v) is 3.02. The zero-order valence-corrected chi connectivity index (χ0v) is 14.3. The molecule has 0 saturated carbocycles. The van der Waals surface area contributed by atoms with Crippen LogP contribution >= 0.6 is 0 Å². The highest BCUT2D eigenvalue weighted by atomic mass is 16.7. The minimum Gasteiger partial charge on any atom is -0.435 e. The summed E-state index contributed by atoms with van der Waals surface area (Å²) in [4.78, 5) is 25.9. The van der Waals surface area contributed by atoms with Crippen LogP contribution in [0.25, 0.3) is 0 Å². The third-order valence-electron chi connectivity index (χ3n) is 4.25. The van der Waals surface area contributed by atoms with E-state index in [1.807, 2.05) is 39.0 Å². The summed E-state index contributed by atoms with van der Waals surface area (Å²) < 4.78 is 10.1. The van der Waals surface area contributed by atoms with Crippen LogP contribution in [0.15, 0.2) is 18.2 Å². The Morgan fingerprint density at radius 1 is 1.26 bits per heavy atom. The van der Waals surface area contributed by atoms with E-state index in [0.717, 1.165) is 16.7 Å². The zero-order chi connectivity index (χ0) is 17.0. The molecule has 23 heavy (non-hydrogen) atoms. The molecule has 2 atom stereocenters. The molecule has 5 heteroatoms. The molecule has 0 radical (unpaired) electrons. The van der Waals surface area contributed by atoms with Crippen LogP contribution in [0.3, 0.4) is 0 Å². The summed E-state index contributed by atoms with van der Waals surface area (Å²) in [6.45, 7) is 8.66. The van der Waals surface area contributed by atoms with Crippen molar-refractivity contribution in [3.05, 3.63) is 34.9 Å². The number of rotatable bonds is 4. The van der Waals surface area contributed by atoms with Crippen molar-refractivity contribution in [1.82, 2.24) is 4.90 Å². The summed E-state index contributed by atoms with van der Waals surface area (Å²) in [6.07, 6.45) is -0.261. The third kappa shape index (κ3) is 4.24. The molecule has 0 aliphatic carbocycles. The van der Waals surface area contributed by atoms with Gasteiger partial charge in [-0.3, -0.25) is 4.79 Å². The van der Waals surface area contributed by atoms with Gasteiger partial charge < -0.3 is 14.4 Å². The number of carbonyl (C=O) groups excluding carboxylic acids is 2. The Morgan fingerprint density at radius 3 is 2.52 bits per heavy atom. The van der Waals surface area contributed by atoms with Gasteiger partial charge in [-0.15, -0.1) is 0 Å². The molecular weight excluding hydrogens is 294 g/mol. The van der Waals surface area contributed by atoms with E-state index in [9.17, 15) is 9.59 Å². The quantitative estimate of drug-likeness (QED) is 0.800. The lowest BCUT2D eigenvalue weighted by Crippen LogP contribution is -2.39. The van der Waals surface area contributed by atoms with E-state index in [4.69, 9.17) is 9.47 Å². The van der Waals surface area contributed by atoms with Gasteiger partial charge in [-0.05, 0) is 43.4 Å². The summed E-state index contributed by atoms with van der Waals surface area (Å²) in [7, 11) is 0. The van der Waals surface area contributed by atoms with Gasteiger partial charge in [0.25, 0.3) is 0 Å². The van der Waals surface area contributed by atoms with Crippen LogP contribution in [-0.2, 0) is 20.7 Å². The maximum absolute atomic E-state index is 12.7. The van der Waals surface area contributed by atoms with Crippen molar-refractivity contribution >= 4 is 12.1 Å². The molecule has 0 spiro atoms. The van der Waals surface area contributed by atoms with Gasteiger partial charge in [-0.25, -0.2) is 4.79 Å². The Hall–Kier alpha value is -2.04. The van der Waals surface area contributed by atoms with Crippen molar-refractivity contribution in [2.24, 2.45) is 5.92 Å². The summed E-state index contributed by atoms with van der Waals surface area (Å²) in [5.41, 5.74) is 3.26. The Balaban J connectivity index is 2.08. The van der Waals surface area contributed by atoms with Crippen molar-refractivity contribution in [3.63, 3.8) is 0 Å². The van der Waals surface area contributed by atoms with Crippen LogP contribution < -0.4 is 0 Å². The van der Waals surface area contributed by atoms with Gasteiger partial charge in [0.15, 0.2) is 6.23 Å². The highest BCUT2D eigenvalue weighted by molar-refractivity contribution is 5.80. The standard InChI is InChI=1S/C18H25NO4/c1-5-22-18(21)23-17-9-12(2)11-19(17)16(20)10-15-13(3)7-6-8-14(15)4/h6-8,12,17H,5,9-11H2,1-4H3. The molecule has 126 valence electrons. The van der Waals surface area contributed by atoms with Crippen molar-refractivity contribution in [2.75, 3.05) is 13.2 Å². The number of nitrogens with zero attached hydrogens (tertiary/aromatic N) is 1. The first-order valence-electron chi connectivity index (χ1n) is 8.10. The molecule has 1 aromatic rings. The van der Waals surface area contributed by atoms with E-state index in [1.165, 1.54) is 0 Å². The first-order valence-corrected chi connectivity index (χ1v) is 8.10. The first kappa shape index (κ1) is 17.3. The van der Waals surface area contributed by atoms with Gasteiger partial charge in [0, 0.05) is 13.0 Å². The third-order valence-corrected chi connectivity index (χ3v) is 4.25. The van der Waals surface area contributed by atoms with E-state index in [2.05, 4.69) is 0 Å². The minimum atomic E-state index is -0.712. The molecule has 1 saturated heterocycles. The minimum absolute atomic E-state index is 0.0129. The predicted molar refractivity (Wildman–Crippen MR) is 87.0 cm³/mol. The zero-order valence-electron chi connectivity index (χ0n) is 14.3. The number of ether oxygens (including phenoxy) is 2. The molecule has 0 N–H and O–H groups in total. The summed E-state index contributed by atoms with van der Waals surface area (Å²) in [5, 5.41) is 0. The molecule has 1 fully saturated rings. The van der Waals surface area contributed by atoms with Gasteiger partial charge in [0.1, 0.15) is 0 Å². The maximum atomic E-state index is 12.7. The number of amides is 1. The molecule has 1 aliphatic rings. The fraction of sp³-hybridized carbons (Fsp3) is 0.556. The second-order valence-corrected chi connectivity index (χ2v) is 6.19. The lowest BCUT2D eigenvalue weighted by atomic mass is 9.99. The molecule has 2 rings (SSSR count). The monoisotopic (exact) mass is 319 g/mol. The van der Waals surface area contributed by atoms with Crippen molar-refractivity contribution in [3.8, 4) is 0 Å². The van der Waals surface area contributed by atoms with Crippen LogP contribution in [0.1, 0.15) is 37.0 Å². The molecule has 1 aliphatic heterocycles. The van der Waals surface area contributed by atoms with Crippen molar-refractivity contribution in [2.45, 2.75) is 46.8 Å². The molecule has 0 bridgehead atoms. The molecule has 2 unspecified atom stereocenters. The second-order valence-electron chi connectivity index (χ2n) is 6.19. The normalized spacial score (nSPS) is 20.4. The van der Waals surface area contributed by atoms with Gasteiger partial charge in [0.2, 0.25) is 5.91 Å². The smallest absolute Gasteiger partial charge is 0.435 e. The number of benzene rings is 1. The largest absolute Gasteiger partial charge is 0.510 e. The average molecular weight is 319 g/mol. The summed E-state index contributed by atoms with van der Waals surface area (Å²) >= 11 is 0. The van der Waals surface area contributed by atoms with E-state index >= 15 is 0 Å². The molecule has 1 aromatic carbocycles. The van der Waals surface area contributed by atoms with E-state index < -0.39 is 12.4 Å². The molecule has 5 nitrogen and oxygen atoms in total. The number of aryl methyl sites for hydroxylation is 2. The van der Waals surface area contributed by atoms with E-state index in [-0.39, 0.29) is 12.5 Å². The number of hydrogen-bond acceptors (Lipinski definition) is 4. The van der Waals surface area contributed by atoms with Crippen LogP contribution in [0.5, 0.6) is 0 Å². The van der Waals surface area contributed by atoms with Gasteiger partial charge in [-0.2, -0.15) is 0 Å². The van der Waals surface area contributed by atoms with Crippen LogP contribution in [0.4, 0.5) is 4.79 Å². The van der Waals surface area contributed by atoms with E-state index in [1.54, 1.807) is 11.8 Å². The molecule has 0 aromatic heterocycles. The van der Waals surface area contributed by atoms with Gasteiger partial charge in [0.05, 0.1) is 13.0 Å². The lowest BCUT2D eigenvalue weighted by molar-refractivity contribution is -0.138. The van der Waals surface area contributed by atoms with Gasteiger partial charge >= 0.3 is 6.16 Å². The first-order chi connectivity index (χ1) is 10.9. The topological polar surface area (TPSA) is 55.8 Å². The number of hydrogen-bond donors (Lipinski definition) is 0. The van der Waals surface area contributed by atoms with Crippen LogP contribution in [0.2, 0.25) is 0 Å².